The van der Waals surface area contributed by atoms with Crippen molar-refractivity contribution in [1.82, 2.24) is 0 Å². The molecule has 0 nitrogen and oxygen atoms in total. The molecule has 0 aromatic heterocycles. The summed E-state index contributed by atoms with van der Waals surface area (Å²) in [5, 5.41) is 0. The minimum absolute atomic E-state index is 0.285. The normalized spacial score (nSPS) is 12.8. The molecule has 0 saturated heterocycles. The van der Waals surface area contributed by atoms with Gasteiger partial charge < -0.3 is 0 Å². The van der Waals surface area contributed by atoms with Crippen LogP contribution in [0.5, 0.6) is 0 Å². The molecule has 0 amide bonds. The predicted molar refractivity (Wildman–Crippen MR) is 49.9 cm³/mol. The van der Waals surface area contributed by atoms with Crippen LogP contribution in [0.3, 0.4) is 0 Å². The van der Waals surface area contributed by atoms with Gasteiger partial charge in [-0.15, -0.1) is 0 Å². The van der Waals surface area contributed by atoms with Crippen LogP contribution in [-0.4, -0.2) is 4.93 Å². The van der Waals surface area contributed by atoms with Gasteiger partial charge in [-0.3, -0.25) is 0 Å². The van der Waals surface area contributed by atoms with E-state index in [-0.39, 0.29) is 21.2 Å². The van der Waals surface area contributed by atoms with Crippen LogP contribution in [0.25, 0.3) is 0 Å². The Labute approximate surface area is 85.0 Å². The number of allylic oxidation sites excluding steroid dienone is 1. The topological polar surface area (TPSA) is 0 Å². The first-order valence-electron chi connectivity index (χ1n) is 4.02. The fourth-order valence-electron chi connectivity index (χ4n) is 1.16. The van der Waals surface area contributed by atoms with E-state index in [4.69, 9.17) is 0 Å². The number of rotatable bonds is 4. The van der Waals surface area contributed by atoms with Crippen molar-refractivity contribution in [2.24, 2.45) is 0 Å². The van der Waals surface area contributed by atoms with E-state index in [1.807, 2.05) is 6.08 Å². The molecule has 0 aliphatic rings. The van der Waals surface area contributed by atoms with Crippen molar-refractivity contribution >= 4 is 0 Å². The molecule has 0 N–H and O–H groups in total. The quantitative estimate of drug-likeness (QED) is 0.412. The zero-order chi connectivity index (χ0) is 8.81. The van der Waals surface area contributed by atoms with Crippen molar-refractivity contribution in [3.05, 3.63) is 48.6 Å². The molecule has 0 aliphatic heterocycles. The summed E-state index contributed by atoms with van der Waals surface area (Å²) in [6, 6.07) is 10.7. The molecule has 0 aliphatic carbocycles. The van der Waals surface area contributed by atoms with E-state index < -0.39 is 0 Å². The zero-order valence-corrected chi connectivity index (χ0v) is 9.49. The second-order valence-corrected chi connectivity index (χ2v) is 5.37. The standard InChI is InChI=1S/C11H14I/c1-3-7-11(12-2)10-8-5-4-6-9-10/h3-6,8-9,11H,1,7H2,2H3/q-1. The number of hydrogen-bond acceptors (Lipinski definition) is 0. The molecule has 0 heterocycles. The predicted octanol–water partition coefficient (Wildman–Crippen LogP) is 0.0226. The van der Waals surface area contributed by atoms with Crippen LogP contribution in [0.4, 0.5) is 0 Å². The summed E-state index contributed by atoms with van der Waals surface area (Å²) in [7, 11) is 0. The van der Waals surface area contributed by atoms with E-state index in [2.05, 4.69) is 41.8 Å². The van der Waals surface area contributed by atoms with Gasteiger partial charge in [0.25, 0.3) is 0 Å². The molecule has 1 aromatic carbocycles. The minimum atomic E-state index is 0.285. The first-order chi connectivity index (χ1) is 5.88. The van der Waals surface area contributed by atoms with Crippen molar-refractivity contribution in [1.29, 1.82) is 0 Å². The molecule has 1 unspecified atom stereocenters. The summed E-state index contributed by atoms with van der Waals surface area (Å²) in [4.78, 5) is 2.33. The van der Waals surface area contributed by atoms with Gasteiger partial charge in [-0.1, -0.05) is 0 Å². The number of benzene rings is 1. The Kier molecular flexibility index (Phi) is 4.36. The van der Waals surface area contributed by atoms with Gasteiger partial charge in [0, 0.05) is 0 Å². The fraction of sp³-hybridized carbons (Fsp3) is 0.273. The SMILES string of the molecule is C=CCC([I-]C)c1ccccc1. The molecular formula is C11H14I-. The van der Waals surface area contributed by atoms with Crippen molar-refractivity contribution < 1.29 is 21.2 Å². The van der Waals surface area contributed by atoms with E-state index in [9.17, 15) is 0 Å². The zero-order valence-electron chi connectivity index (χ0n) is 7.33. The third kappa shape index (κ3) is 2.63. The third-order valence-electron chi connectivity index (χ3n) is 1.80. The van der Waals surface area contributed by atoms with Gasteiger partial charge >= 0.3 is 85.0 Å². The Morgan fingerprint density at radius 3 is 2.58 bits per heavy atom. The monoisotopic (exact) mass is 273 g/mol. The second-order valence-electron chi connectivity index (χ2n) is 2.62. The summed E-state index contributed by atoms with van der Waals surface area (Å²) in [6.07, 6.45) is 3.16. The van der Waals surface area contributed by atoms with Crippen molar-refractivity contribution in [3.8, 4) is 0 Å². The molecule has 1 aromatic rings. The molecular weight excluding hydrogens is 259 g/mol. The van der Waals surface area contributed by atoms with Gasteiger partial charge in [0.05, 0.1) is 0 Å². The van der Waals surface area contributed by atoms with Gasteiger partial charge in [0.2, 0.25) is 0 Å². The second kappa shape index (κ2) is 5.36. The summed E-state index contributed by atoms with van der Waals surface area (Å²) in [5.74, 6) is 0. The summed E-state index contributed by atoms with van der Waals surface area (Å²) in [6.45, 7) is 3.79. The van der Waals surface area contributed by atoms with Crippen LogP contribution in [0.1, 0.15) is 15.9 Å². The molecule has 1 heteroatoms. The van der Waals surface area contributed by atoms with Crippen LogP contribution in [0.15, 0.2) is 43.0 Å². The number of halogens is 1. The Morgan fingerprint density at radius 2 is 2.08 bits per heavy atom. The maximum absolute atomic E-state index is 3.79. The van der Waals surface area contributed by atoms with Gasteiger partial charge in [0.1, 0.15) is 0 Å². The summed E-state index contributed by atoms with van der Waals surface area (Å²) >= 11 is 0.285. The molecule has 1 rings (SSSR count). The van der Waals surface area contributed by atoms with E-state index in [1.165, 1.54) is 5.56 Å². The average molecular weight is 273 g/mol. The first-order valence-corrected chi connectivity index (χ1v) is 7.42. The van der Waals surface area contributed by atoms with Crippen LogP contribution in [0, 0.1) is 0 Å². The number of hydrogen-bond donors (Lipinski definition) is 0. The molecule has 0 radical (unpaired) electrons. The molecule has 66 valence electrons. The molecule has 0 bridgehead atoms. The van der Waals surface area contributed by atoms with Gasteiger partial charge in [-0.05, 0) is 0 Å². The molecule has 0 saturated carbocycles. The summed E-state index contributed by atoms with van der Waals surface area (Å²) < 4.78 is 0.766. The van der Waals surface area contributed by atoms with Crippen LogP contribution < -0.4 is 21.2 Å². The maximum atomic E-state index is 3.79. The average Bonchev–Trinajstić information content (AvgIpc) is 2.15. The molecule has 1 atom stereocenters. The van der Waals surface area contributed by atoms with E-state index in [0.717, 1.165) is 10.3 Å². The van der Waals surface area contributed by atoms with E-state index in [0.29, 0.717) is 0 Å². The molecule has 0 fully saturated rings. The Hall–Kier alpha value is -0.310. The Balaban J connectivity index is 2.72. The molecule has 12 heavy (non-hydrogen) atoms. The van der Waals surface area contributed by atoms with Crippen LogP contribution in [-0.2, 0) is 0 Å². The first kappa shape index (κ1) is 9.78. The Bertz CT molecular complexity index is 228. The van der Waals surface area contributed by atoms with E-state index >= 15 is 0 Å². The summed E-state index contributed by atoms with van der Waals surface area (Å²) in [5.41, 5.74) is 1.48. The van der Waals surface area contributed by atoms with Crippen LogP contribution >= 0.6 is 0 Å². The van der Waals surface area contributed by atoms with Gasteiger partial charge in [0.15, 0.2) is 0 Å². The van der Waals surface area contributed by atoms with Gasteiger partial charge in [-0.25, -0.2) is 0 Å². The van der Waals surface area contributed by atoms with Gasteiger partial charge in [-0.2, -0.15) is 0 Å². The Morgan fingerprint density at radius 1 is 1.42 bits per heavy atom. The van der Waals surface area contributed by atoms with Crippen molar-refractivity contribution in [2.45, 2.75) is 10.3 Å². The third-order valence-corrected chi connectivity index (χ3v) is 4.53. The molecule has 0 spiro atoms. The number of alkyl halides is 2. The fourth-order valence-corrected chi connectivity index (χ4v) is 3.16. The van der Waals surface area contributed by atoms with Crippen molar-refractivity contribution in [2.75, 3.05) is 4.93 Å². The van der Waals surface area contributed by atoms with E-state index in [1.54, 1.807) is 0 Å². The van der Waals surface area contributed by atoms with Crippen molar-refractivity contribution in [3.63, 3.8) is 0 Å². The van der Waals surface area contributed by atoms with Crippen LogP contribution in [0.2, 0.25) is 0 Å².